The fraction of sp³-hybridized carbons (Fsp3) is 0. The Morgan fingerprint density at radius 2 is 1.16 bits per heavy atom. The lowest BCUT2D eigenvalue weighted by Gasteiger charge is -2.26. The summed E-state index contributed by atoms with van der Waals surface area (Å²) in [6, 6.07) is 54.4. The van der Waals surface area contributed by atoms with Gasteiger partial charge in [-0.3, -0.25) is 0 Å². The predicted molar refractivity (Wildman–Crippen MR) is 204 cm³/mol. The molecule has 0 bridgehead atoms. The number of hydrogen-bond donors (Lipinski definition) is 0. The summed E-state index contributed by atoms with van der Waals surface area (Å²) in [7, 11) is 0. The van der Waals surface area contributed by atoms with Crippen molar-refractivity contribution in [2.75, 3.05) is 4.90 Å². The molecular formula is C45H26N2O3. The van der Waals surface area contributed by atoms with Gasteiger partial charge in [-0.05, 0) is 82.9 Å². The monoisotopic (exact) mass is 642 g/mol. The molecule has 0 amide bonds. The van der Waals surface area contributed by atoms with E-state index in [9.17, 15) is 0 Å². The van der Waals surface area contributed by atoms with E-state index in [1.54, 1.807) is 0 Å². The van der Waals surface area contributed by atoms with Crippen LogP contribution in [0.25, 0.3) is 88.0 Å². The molecule has 0 aliphatic carbocycles. The van der Waals surface area contributed by atoms with E-state index in [0.29, 0.717) is 5.89 Å². The number of nitrogens with zero attached hydrogens (tertiary/aromatic N) is 2. The van der Waals surface area contributed by atoms with Crippen LogP contribution in [-0.2, 0) is 0 Å². The highest BCUT2D eigenvalue weighted by molar-refractivity contribution is 6.20. The van der Waals surface area contributed by atoms with Crippen LogP contribution < -0.4 is 4.90 Å². The zero-order valence-electron chi connectivity index (χ0n) is 26.6. The summed E-state index contributed by atoms with van der Waals surface area (Å²) >= 11 is 0. The van der Waals surface area contributed by atoms with Gasteiger partial charge >= 0.3 is 0 Å². The lowest BCUT2D eigenvalue weighted by molar-refractivity contribution is 0.620. The van der Waals surface area contributed by atoms with Gasteiger partial charge < -0.3 is 18.2 Å². The first-order chi connectivity index (χ1) is 24.8. The molecule has 234 valence electrons. The zero-order chi connectivity index (χ0) is 32.8. The molecule has 50 heavy (non-hydrogen) atoms. The van der Waals surface area contributed by atoms with Gasteiger partial charge in [0.25, 0.3) is 0 Å². The number of rotatable bonds is 4. The normalized spacial score (nSPS) is 12.0. The minimum atomic E-state index is 0.574. The minimum absolute atomic E-state index is 0.574. The summed E-state index contributed by atoms with van der Waals surface area (Å²) in [5, 5.41) is 8.63. The van der Waals surface area contributed by atoms with Crippen molar-refractivity contribution in [3.63, 3.8) is 0 Å². The summed E-state index contributed by atoms with van der Waals surface area (Å²) < 4.78 is 19.6. The van der Waals surface area contributed by atoms with Crippen LogP contribution in [0.15, 0.2) is 171 Å². The van der Waals surface area contributed by atoms with Crippen molar-refractivity contribution in [3.8, 4) is 11.5 Å². The van der Waals surface area contributed by atoms with E-state index in [-0.39, 0.29) is 0 Å². The molecule has 11 rings (SSSR count). The third-order valence-electron chi connectivity index (χ3n) is 9.85. The molecule has 3 aromatic heterocycles. The first kappa shape index (κ1) is 27.1. The number of anilines is 3. The van der Waals surface area contributed by atoms with E-state index >= 15 is 0 Å². The van der Waals surface area contributed by atoms with E-state index in [1.165, 1.54) is 0 Å². The lowest BCUT2D eigenvalue weighted by atomic mass is 10.0. The van der Waals surface area contributed by atoms with Crippen molar-refractivity contribution >= 4 is 93.6 Å². The topological polar surface area (TPSA) is 55.6 Å². The standard InChI is InChI=1S/C45H26N2O3/c1-2-13-30(14-3-1)47(37-17-9-19-39-43(37)34-22-20-27-10-6-7-15-32(27)44(34)49-39)31-21-23-33-40(26-31)48-38-18-8-16-35(42(33)38)45-46-36-24-28-11-4-5-12-29(28)25-41(36)50-45/h1-26H. The Balaban J connectivity index is 1.11. The molecule has 0 atom stereocenters. The van der Waals surface area contributed by atoms with E-state index < -0.39 is 0 Å². The maximum Gasteiger partial charge on any atom is 0.228 e. The Hall–Kier alpha value is -6.85. The molecule has 0 unspecified atom stereocenters. The van der Waals surface area contributed by atoms with Gasteiger partial charge in [-0.1, -0.05) is 84.9 Å². The summed E-state index contributed by atoms with van der Waals surface area (Å²) in [5.41, 5.74) is 8.82. The van der Waals surface area contributed by atoms with E-state index in [0.717, 1.165) is 99.1 Å². The number of oxazole rings is 1. The molecule has 3 heterocycles. The molecule has 11 aromatic rings. The van der Waals surface area contributed by atoms with E-state index in [4.69, 9.17) is 18.2 Å². The van der Waals surface area contributed by atoms with Gasteiger partial charge in [0.05, 0.1) is 11.1 Å². The van der Waals surface area contributed by atoms with Crippen molar-refractivity contribution in [3.05, 3.63) is 158 Å². The molecule has 0 N–H and O–H groups in total. The first-order valence-corrected chi connectivity index (χ1v) is 16.7. The van der Waals surface area contributed by atoms with Crippen molar-refractivity contribution in [1.29, 1.82) is 0 Å². The molecule has 0 saturated carbocycles. The van der Waals surface area contributed by atoms with Crippen LogP contribution in [0, 0.1) is 0 Å². The fourth-order valence-corrected chi connectivity index (χ4v) is 7.59. The molecule has 0 aliphatic rings. The van der Waals surface area contributed by atoms with Gasteiger partial charge in [0.1, 0.15) is 27.8 Å². The third-order valence-corrected chi connectivity index (χ3v) is 9.85. The maximum atomic E-state index is 6.59. The average molecular weight is 643 g/mol. The summed E-state index contributed by atoms with van der Waals surface area (Å²) in [5.74, 6) is 0.574. The second-order valence-corrected chi connectivity index (χ2v) is 12.7. The average Bonchev–Trinajstić information content (AvgIpc) is 3.87. The Morgan fingerprint density at radius 3 is 2.04 bits per heavy atom. The minimum Gasteiger partial charge on any atom is -0.456 e. The second-order valence-electron chi connectivity index (χ2n) is 12.7. The van der Waals surface area contributed by atoms with Crippen LogP contribution in [0.5, 0.6) is 0 Å². The van der Waals surface area contributed by atoms with Gasteiger partial charge in [0.2, 0.25) is 5.89 Å². The van der Waals surface area contributed by atoms with Crippen LogP contribution in [0.3, 0.4) is 0 Å². The SMILES string of the molecule is c1ccc(N(c2ccc3c(c2)oc2cccc(-c4nc5cc6ccccc6cc5o4)c23)c2cccc3oc4c5ccccc5ccc4c23)cc1. The Labute approximate surface area is 285 Å². The molecule has 5 heteroatoms. The number of para-hydroxylation sites is 1. The number of benzene rings is 8. The highest BCUT2D eigenvalue weighted by Crippen LogP contribution is 2.46. The van der Waals surface area contributed by atoms with Gasteiger partial charge in [-0.15, -0.1) is 0 Å². The Kier molecular flexibility index (Phi) is 5.60. The molecule has 5 nitrogen and oxygen atoms in total. The number of furan rings is 2. The first-order valence-electron chi connectivity index (χ1n) is 16.7. The van der Waals surface area contributed by atoms with E-state index in [2.05, 4.69) is 132 Å². The lowest BCUT2D eigenvalue weighted by Crippen LogP contribution is -2.10. The highest BCUT2D eigenvalue weighted by atomic mass is 16.4. The van der Waals surface area contributed by atoms with Crippen molar-refractivity contribution in [1.82, 2.24) is 4.98 Å². The molecule has 0 aliphatic heterocycles. The van der Waals surface area contributed by atoms with Crippen LogP contribution in [0.4, 0.5) is 17.1 Å². The molecule has 0 saturated heterocycles. The third kappa shape index (κ3) is 3.98. The molecule has 0 spiro atoms. The Bertz CT molecular complexity index is 3060. The predicted octanol–water partition coefficient (Wildman–Crippen LogP) is 13.1. The van der Waals surface area contributed by atoms with E-state index in [1.807, 2.05) is 30.3 Å². The molecule has 0 fully saturated rings. The summed E-state index contributed by atoms with van der Waals surface area (Å²) in [6.07, 6.45) is 0. The molecule has 0 radical (unpaired) electrons. The zero-order valence-corrected chi connectivity index (χ0v) is 26.6. The smallest absolute Gasteiger partial charge is 0.228 e. The summed E-state index contributed by atoms with van der Waals surface area (Å²) in [4.78, 5) is 7.22. The number of fused-ring (bicyclic) bond motifs is 10. The van der Waals surface area contributed by atoms with Crippen molar-refractivity contribution < 1.29 is 13.3 Å². The van der Waals surface area contributed by atoms with Gasteiger partial charge in [-0.2, -0.15) is 0 Å². The largest absolute Gasteiger partial charge is 0.456 e. The quantitative estimate of drug-likeness (QED) is 0.191. The van der Waals surface area contributed by atoms with Gasteiger partial charge in [-0.25, -0.2) is 4.98 Å². The molecular weight excluding hydrogens is 617 g/mol. The van der Waals surface area contributed by atoms with Crippen LogP contribution in [0.2, 0.25) is 0 Å². The second kappa shape index (κ2) is 10.3. The number of aromatic nitrogens is 1. The highest BCUT2D eigenvalue weighted by Gasteiger charge is 2.22. The maximum absolute atomic E-state index is 6.59. The van der Waals surface area contributed by atoms with Crippen LogP contribution >= 0.6 is 0 Å². The van der Waals surface area contributed by atoms with Crippen molar-refractivity contribution in [2.24, 2.45) is 0 Å². The Morgan fingerprint density at radius 1 is 0.420 bits per heavy atom. The summed E-state index contributed by atoms with van der Waals surface area (Å²) in [6.45, 7) is 0. The van der Waals surface area contributed by atoms with Gasteiger partial charge in [0, 0.05) is 44.5 Å². The molecule has 8 aromatic carbocycles. The van der Waals surface area contributed by atoms with Crippen molar-refractivity contribution in [2.45, 2.75) is 0 Å². The fourth-order valence-electron chi connectivity index (χ4n) is 7.59. The van der Waals surface area contributed by atoms with Gasteiger partial charge in [0.15, 0.2) is 5.58 Å². The van der Waals surface area contributed by atoms with Crippen LogP contribution in [-0.4, -0.2) is 4.98 Å². The number of hydrogen-bond acceptors (Lipinski definition) is 5. The van der Waals surface area contributed by atoms with Crippen LogP contribution in [0.1, 0.15) is 0 Å².